The van der Waals surface area contributed by atoms with E-state index in [1.54, 1.807) is 29.8 Å². The first kappa shape index (κ1) is 20.6. The minimum atomic E-state index is -0.334. The number of para-hydroxylation sites is 2. The highest BCUT2D eigenvalue weighted by Gasteiger charge is 2.23. The quantitative estimate of drug-likeness (QED) is 0.383. The maximum atomic E-state index is 12.6. The van der Waals surface area contributed by atoms with Gasteiger partial charge in [0.1, 0.15) is 5.75 Å². The molecule has 0 aliphatic carbocycles. The van der Waals surface area contributed by atoms with Crippen LogP contribution in [0.3, 0.4) is 0 Å². The standard InChI is InChI=1S/C21H20N4O2S3/c1-14(20(26)22-13-15-7-5-11-28-15)30-21-24-23-19(18-10-6-12-29-18)25(21)16-8-3-4-9-17(16)27-2/h3-12,14H,13H2,1-2H3,(H,22,26). The largest absolute Gasteiger partial charge is 0.495 e. The average Bonchev–Trinajstić information content (AvgIpc) is 3.53. The fraction of sp³-hybridized carbons (Fsp3) is 0.190. The van der Waals surface area contributed by atoms with Gasteiger partial charge in [-0.05, 0) is 41.9 Å². The number of rotatable bonds is 8. The zero-order valence-corrected chi connectivity index (χ0v) is 18.9. The number of methoxy groups -OCH3 is 1. The molecule has 0 aliphatic heterocycles. The molecule has 0 aliphatic rings. The number of thioether (sulfide) groups is 1. The molecule has 0 radical (unpaired) electrons. The normalized spacial score (nSPS) is 11.9. The van der Waals surface area contributed by atoms with Gasteiger partial charge < -0.3 is 10.1 Å². The van der Waals surface area contributed by atoms with Crippen LogP contribution in [0, 0.1) is 0 Å². The lowest BCUT2D eigenvalue weighted by atomic mass is 10.3. The summed E-state index contributed by atoms with van der Waals surface area (Å²) in [5, 5.41) is 16.1. The van der Waals surface area contributed by atoms with Gasteiger partial charge in [0, 0.05) is 4.88 Å². The van der Waals surface area contributed by atoms with Gasteiger partial charge in [-0.3, -0.25) is 9.36 Å². The van der Waals surface area contributed by atoms with E-state index >= 15 is 0 Å². The molecule has 1 aromatic carbocycles. The van der Waals surface area contributed by atoms with Gasteiger partial charge in [0.25, 0.3) is 0 Å². The number of carbonyl (C=O) groups excluding carboxylic acids is 1. The monoisotopic (exact) mass is 456 g/mol. The molecule has 30 heavy (non-hydrogen) atoms. The molecular formula is C21H20N4O2S3. The topological polar surface area (TPSA) is 69.0 Å². The van der Waals surface area contributed by atoms with E-state index in [1.807, 2.05) is 70.8 Å². The first-order valence-corrected chi connectivity index (χ1v) is 11.9. The molecule has 6 nitrogen and oxygen atoms in total. The van der Waals surface area contributed by atoms with Crippen molar-refractivity contribution in [1.82, 2.24) is 20.1 Å². The summed E-state index contributed by atoms with van der Waals surface area (Å²) in [6.07, 6.45) is 0. The molecule has 0 fully saturated rings. The second-order valence-corrected chi connectivity index (χ2v) is 9.64. The van der Waals surface area contributed by atoms with Crippen LogP contribution in [0.5, 0.6) is 5.75 Å². The molecule has 1 amide bonds. The van der Waals surface area contributed by atoms with Crippen LogP contribution in [-0.2, 0) is 11.3 Å². The molecule has 1 atom stereocenters. The Labute approximate surface area is 186 Å². The van der Waals surface area contributed by atoms with Crippen molar-refractivity contribution < 1.29 is 9.53 Å². The number of aromatic nitrogens is 3. The predicted molar refractivity (Wildman–Crippen MR) is 123 cm³/mol. The number of amides is 1. The van der Waals surface area contributed by atoms with Gasteiger partial charge in [0.2, 0.25) is 5.91 Å². The Hall–Kier alpha value is -2.62. The summed E-state index contributed by atoms with van der Waals surface area (Å²) in [7, 11) is 1.64. The molecule has 4 aromatic rings. The highest BCUT2D eigenvalue weighted by atomic mass is 32.2. The van der Waals surface area contributed by atoms with Crippen LogP contribution in [0.25, 0.3) is 16.4 Å². The van der Waals surface area contributed by atoms with Crippen molar-refractivity contribution >= 4 is 40.3 Å². The Morgan fingerprint density at radius 1 is 1.13 bits per heavy atom. The molecule has 9 heteroatoms. The van der Waals surface area contributed by atoms with Gasteiger partial charge in [-0.2, -0.15) is 0 Å². The van der Waals surface area contributed by atoms with Crippen molar-refractivity contribution in [3.8, 4) is 22.1 Å². The van der Waals surface area contributed by atoms with Crippen LogP contribution in [-0.4, -0.2) is 33.0 Å². The van der Waals surface area contributed by atoms with E-state index in [0.717, 1.165) is 21.3 Å². The van der Waals surface area contributed by atoms with Crippen LogP contribution in [0.15, 0.2) is 64.4 Å². The third-order valence-corrected chi connectivity index (χ3v) is 7.15. The van der Waals surface area contributed by atoms with Crippen molar-refractivity contribution in [3.63, 3.8) is 0 Å². The van der Waals surface area contributed by atoms with Crippen molar-refractivity contribution in [2.24, 2.45) is 0 Å². The fourth-order valence-corrected chi connectivity index (χ4v) is 5.11. The van der Waals surface area contributed by atoms with E-state index in [-0.39, 0.29) is 11.2 Å². The van der Waals surface area contributed by atoms with Gasteiger partial charge in [-0.15, -0.1) is 32.9 Å². The lowest BCUT2D eigenvalue weighted by molar-refractivity contribution is -0.120. The van der Waals surface area contributed by atoms with Crippen LogP contribution in [0.2, 0.25) is 0 Å². The smallest absolute Gasteiger partial charge is 0.233 e. The fourth-order valence-electron chi connectivity index (χ4n) is 2.89. The molecule has 0 saturated heterocycles. The summed E-state index contributed by atoms with van der Waals surface area (Å²) in [6.45, 7) is 2.40. The number of thiophene rings is 2. The molecule has 3 aromatic heterocycles. The second-order valence-electron chi connectivity index (χ2n) is 6.35. The Morgan fingerprint density at radius 3 is 2.67 bits per heavy atom. The van der Waals surface area contributed by atoms with Gasteiger partial charge in [-0.25, -0.2) is 0 Å². The number of nitrogens with zero attached hydrogens (tertiary/aromatic N) is 3. The third kappa shape index (κ3) is 4.43. The minimum absolute atomic E-state index is 0.0411. The van der Waals surface area contributed by atoms with Crippen molar-refractivity contribution in [2.45, 2.75) is 23.9 Å². The second kappa shape index (κ2) is 9.46. The van der Waals surface area contributed by atoms with Crippen molar-refractivity contribution in [2.75, 3.05) is 7.11 Å². The number of hydrogen-bond acceptors (Lipinski definition) is 7. The van der Waals surface area contributed by atoms with E-state index in [0.29, 0.717) is 17.5 Å². The Bertz CT molecular complexity index is 1110. The Kier molecular flexibility index (Phi) is 6.51. The molecule has 0 saturated carbocycles. The van der Waals surface area contributed by atoms with Crippen LogP contribution in [0.1, 0.15) is 11.8 Å². The molecule has 1 N–H and O–H groups in total. The molecule has 3 heterocycles. The summed E-state index contributed by atoms with van der Waals surface area (Å²) in [5.74, 6) is 1.40. The van der Waals surface area contributed by atoms with E-state index in [1.165, 1.54) is 11.8 Å². The SMILES string of the molecule is COc1ccccc1-n1c(SC(C)C(=O)NCc2cccs2)nnc1-c1cccs1. The van der Waals surface area contributed by atoms with E-state index in [2.05, 4.69) is 15.5 Å². The predicted octanol–water partition coefficient (Wildman–Crippen LogP) is 4.86. The van der Waals surface area contributed by atoms with Crippen molar-refractivity contribution in [1.29, 1.82) is 0 Å². The maximum absolute atomic E-state index is 12.6. The highest BCUT2D eigenvalue weighted by Crippen LogP contribution is 2.35. The summed E-state index contributed by atoms with van der Waals surface area (Å²) < 4.78 is 7.53. The minimum Gasteiger partial charge on any atom is -0.495 e. The molecular weight excluding hydrogens is 436 g/mol. The number of hydrogen-bond donors (Lipinski definition) is 1. The van der Waals surface area contributed by atoms with E-state index in [9.17, 15) is 4.79 Å². The summed E-state index contributed by atoms with van der Waals surface area (Å²) in [5.41, 5.74) is 0.835. The highest BCUT2D eigenvalue weighted by molar-refractivity contribution is 8.00. The third-order valence-electron chi connectivity index (χ3n) is 4.37. The Morgan fingerprint density at radius 2 is 1.93 bits per heavy atom. The zero-order valence-electron chi connectivity index (χ0n) is 16.4. The van der Waals surface area contributed by atoms with Gasteiger partial charge in [-0.1, -0.05) is 36.0 Å². The van der Waals surface area contributed by atoms with Crippen molar-refractivity contribution in [3.05, 3.63) is 64.2 Å². The lowest BCUT2D eigenvalue weighted by Gasteiger charge is -2.15. The van der Waals surface area contributed by atoms with Crippen LogP contribution in [0.4, 0.5) is 0 Å². The average molecular weight is 457 g/mol. The summed E-state index contributed by atoms with van der Waals surface area (Å²) >= 11 is 4.59. The number of ether oxygens (including phenoxy) is 1. The van der Waals surface area contributed by atoms with E-state index < -0.39 is 0 Å². The van der Waals surface area contributed by atoms with Gasteiger partial charge in [0.05, 0.1) is 29.5 Å². The summed E-state index contributed by atoms with van der Waals surface area (Å²) in [6, 6.07) is 15.7. The first-order chi connectivity index (χ1) is 14.7. The molecule has 0 bridgehead atoms. The molecule has 4 rings (SSSR count). The first-order valence-electron chi connectivity index (χ1n) is 9.27. The maximum Gasteiger partial charge on any atom is 0.233 e. The molecule has 0 spiro atoms. The number of nitrogens with one attached hydrogen (secondary N) is 1. The van der Waals surface area contributed by atoms with Crippen LogP contribution >= 0.6 is 34.4 Å². The Balaban J connectivity index is 1.62. The van der Waals surface area contributed by atoms with Gasteiger partial charge in [0.15, 0.2) is 11.0 Å². The van der Waals surface area contributed by atoms with E-state index in [4.69, 9.17) is 4.74 Å². The van der Waals surface area contributed by atoms with Crippen LogP contribution < -0.4 is 10.1 Å². The zero-order chi connectivity index (χ0) is 20.9. The number of carbonyl (C=O) groups is 1. The number of benzene rings is 1. The molecule has 154 valence electrons. The molecule has 1 unspecified atom stereocenters. The lowest BCUT2D eigenvalue weighted by Crippen LogP contribution is -2.30. The van der Waals surface area contributed by atoms with Gasteiger partial charge >= 0.3 is 0 Å². The summed E-state index contributed by atoms with van der Waals surface area (Å²) in [4.78, 5) is 14.8.